The van der Waals surface area contributed by atoms with E-state index in [0.717, 1.165) is 10.7 Å². The molecular formula is C14H14N2O2S. The van der Waals surface area contributed by atoms with Crippen LogP contribution in [0.4, 0.5) is 10.5 Å². The number of hydrogen-bond donors (Lipinski definition) is 1. The van der Waals surface area contributed by atoms with E-state index in [0.29, 0.717) is 11.4 Å². The number of nitrogens with one attached hydrogen (secondary N) is 1. The van der Waals surface area contributed by atoms with Crippen molar-refractivity contribution in [2.45, 2.75) is 11.9 Å². The summed E-state index contributed by atoms with van der Waals surface area (Å²) in [5.74, 6) is 0.505. The number of ether oxygens (including phenoxy) is 1. The molecule has 0 radical (unpaired) electrons. The fourth-order valence-electron chi connectivity index (χ4n) is 1.51. The van der Waals surface area contributed by atoms with Crippen molar-refractivity contribution in [2.75, 3.05) is 11.6 Å². The lowest BCUT2D eigenvalue weighted by Gasteiger charge is -2.09. The van der Waals surface area contributed by atoms with Crippen molar-refractivity contribution >= 4 is 23.5 Å². The molecule has 2 aromatic rings. The normalized spacial score (nSPS) is 10.0. The number of pyridine rings is 1. The molecular weight excluding hydrogens is 260 g/mol. The summed E-state index contributed by atoms with van der Waals surface area (Å²) in [5.41, 5.74) is 1.56. The molecule has 0 bridgehead atoms. The van der Waals surface area contributed by atoms with Gasteiger partial charge in [-0.25, -0.2) is 9.78 Å². The minimum absolute atomic E-state index is 0.505. The van der Waals surface area contributed by atoms with Gasteiger partial charge >= 0.3 is 6.09 Å². The van der Waals surface area contributed by atoms with E-state index in [9.17, 15) is 4.79 Å². The second-order valence-electron chi connectivity index (χ2n) is 3.84. The first kappa shape index (κ1) is 13.4. The molecule has 1 amide bonds. The van der Waals surface area contributed by atoms with Gasteiger partial charge in [-0.3, -0.25) is 5.32 Å². The van der Waals surface area contributed by atoms with Crippen LogP contribution in [0.5, 0.6) is 5.75 Å². The minimum atomic E-state index is -0.521. The maximum absolute atomic E-state index is 11.8. The Hall–Kier alpha value is -2.01. The molecule has 0 aliphatic carbocycles. The molecule has 0 unspecified atom stereocenters. The third-order valence-corrected chi connectivity index (χ3v) is 3.08. The first-order chi connectivity index (χ1) is 9.19. The zero-order valence-corrected chi connectivity index (χ0v) is 11.5. The Labute approximate surface area is 116 Å². The van der Waals surface area contributed by atoms with Gasteiger partial charge in [0.15, 0.2) is 0 Å². The molecule has 1 heterocycles. The smallest absolute Gasteiger partial charge is 0.410 e. The zero-order valence-electron chi connectivity index (χ0n) is 10.7. The van der Waals surface area contributed by atoms with Crippen molar-refractivity contribution in [1.82, 2.24) is 4.98 Å². The monoisotopic (exact) mass is 274 g/mol. The number of carbonyl (C=O) groups is 1. The molecule has 98 valence electrons. The largest absolute Gasteiger partial charge is 0.417 e. The number of para-hydroxylation sites is 1. The van der Waals surface area contributed by atoms with E-state index in [2.05, 4.69) is 10.3 Å². The van der Waals surface area contributed by atoms with Crippen molar-refractivity contribution in [1.29, 1.82) is 0 Å². The van der Waals surface area contributed by atoms with E-state index in [1.807, 2.05) is 43.5 Å². The molecule has 1 N–H and O–H groups in total. The Morgan fingerprint density at radius 3 is 2.63 bits per heavy atom. The van der Waals surface area contributed by atoms with E-state index >= 15 is 0 Å². The molecule has 0 spiro atoms. The maximum Gasteiger partial charge on any atom is 0.417 e. The summed E-state index contributed by atoms with van der Waals surface area (Å²) in [6, 6.07) is 12.6. The van der Waals surface area contributed by atoms with Crippen LogP contribution < -0.4 is 10.1 Å². The van der Waals surface area contributed by atoms with Gasteiger partial charge in [0, 0.05) is 5.69 Å². The molecule has 2 rings (SSSR count). The number of nitrogens with zero attached hydrogens (tertiary/aromatic N) is 1. The summed E-state index contributed by atoms with van der Waals surface area (Å²) in [4.78, 5) is 16.1. The topological polar surface area (TPSA) is 51.2 Å². The first-order valence-corrected chi connectivity index (χ1v) is 6.97. The van der Waals surface area contributed by atoms with Crippen LogP contribution in [-0.4, -0.2) is 17.3 Å². The van der Waals surface area contributed by atoms with Crippen molar-refractivity contribution in [2.24, 2.45) is 0 Å². The molecule has 0 aliphatic rings. The van der Waals surface area contributed by atoms with E-state index in [1.165, 1.54) is 11.8 Å². The summed E-state index contributed by atoms with van der Waals surface area (Å²) in [6.07, 6.45) is 1.39. The predicted octanol–water partition coefficient (Wildman–Crippen LogP) is 3.72. The van der Waals surface area contributed by atoms with E-state index in [-0.39, 0.29) is 0 Å². The summed E-state index contributed by atoms with van der Waals surface area (Å²) >= 11 is 1.48. The molecule has 1 aromatic heterocycles. The fourth-order valence-corrected chi connectivity index (χ4v) is 2.09. The van der Waals surface area contributed by atoms with Crippen molar-refractivity contribution in [3.05, 3.63) is 48.2 Å². The standard InChI is InChI=1S/C14H14N2O2S/c1-10-8-9-12(13(15-10)19-2)16-14(17)18-11-6-4-3-5-7-11/h3-9H,1-2H3,(H,16,17). The zero-order chi connectivity index (χ0) is 13.7. The summed E-state index contributed by atoms with van der Waals surface area (Å²) in [6.45, 7) is 1.91. The number of anilines is 1. The van der Waals surface area contributed by atoms with Crippen LogP contribution in [0, 0.1) is 6.92 Å². The lowest BCUT2D eigenvalue weighted by Crippen LogP contribution is -2.17. The number of rotatable bonds is 3. The van der Waals surface area contributed by atoms with Crippen LogP contribution in [0.1, 0.15) is 5.69 Å². The lowest BCUT2D eigenvalue weighted by molar-refractivity contribution is 0.215. The van der Waals surface area contributed by atoms with Crippen LogP contribution in [0.2, 0.25) is 0 Å². The van der Waals surface area contributed by atoms with Gasteiger partial charge in [0.25, 0.3) is 0 Å². The Morgan fingerprint density at radius 2 is 1.95 bits per heavy atom. The van der Waals surface area contributed by atoms with Gasteiger partial charge in [-0.15, -0.1) is 11.8 Å². The number of aryl methyl sites for hydroxylation is 1. The summed E-state index contributed by atoms with van der Waals surface area (Å²) < 4.78 is 5.16. The molecule has 4 nitrogen and oxygen atoms in total. The lowest BCUT2D eigenvalue weighted by atomic mass is 10.3. The highest BCUT2D eigenvalue weighted by molar-refractivity contribution is 7.98. The minimum Gasteiger partial charge on any atom is -0.410 e. The van der Waals surface area contributed by atoms with E-state index < -0.39 is 6.09 Å². The Kier molecular flexibility index (Phi) is 4.41. The molecule has 0 saturated carbocycles. The number of aromatic nitrogens is 1. The van der Waals surface area contributed by atoms with Gasteiger partial charge in [0.1, 0.15) is 10.8 Å². The van der Waals surface area contributed by atoms with Crippen LogP contribution in [0.3, 0.4) is 0 Å². The average molecular weight is 274 g/mol. The summed E-state index contributed by atoms with van der Waals surface area (Å²) in [5, 5.41) is 3.46. The van der Waals surface area contributed by atoms with Gasteiger partial charge in [0.2, 0.25) is 0 Å². The number of carbonyl (C=O) groups excluding carboxylic acids is 1. The third kappa shape index (κ3) is 3.72. The molecule has 19 heavy (non-hydrogen) atoms. The van der Waals surface area contributed by atoms with Gasteiger partial charge in [-0.05, 0) is 37.4 Å². The number of amides is 1. The quantitative estimate of drug-likeness (QED) is 0.867. The second-order valence-corrected chi connectivity index (χ2v) is 4.63. The van der Waals surface area contributed by atoms with Crippen LogP contribution >= 0.6 is 11.8 Å². The van der Waals surface area contributed by atoms with Crippen molar-refractivity contribution in [3.8, 4) is 5.75 Å². The van der Waals surface area contributed by atoms with Gasteiger partial charge < -0.3 is 4.74 Å². The van der Waals surface area contributed by atoms with Gasteiger partial charge in [-0.2, -0.15) is 0 Å². The Morgan fingerprint density at radius 1 is 1.21 bits per heavy atom. The summed E-state index contributed by atoms with van der Waals surface area (Å²) in [7, 11) is 0. The maximum atomic E-state index is 11.8. The Balaban J connectivity index is 2.07. The Bertz CT molecular complexity index is 573. The molecule has 1 aromatic carbocycles. The highest BCUT2D eigenvalue weighted by Crippen LogP contribution is 2.23. The average Bonchev–Trinajstić information content (AvgIpc) is 2.42. The highest BCUT2D eigenvalue weighted by atomic mass is 32.2. The van der Waals surface area contributed by atoms with E-state index in [1.54, 1.807) is 12.1 Å². The second kappa shape index (κ2) is 6.24. The fraction of sp³-hybridized carbons (Fsp3) is 0.143. The number of benzene rings is 1. The highest BCUT2D eigenvalue weighted by Gasteiger charge is 2.09. The molecule has 0 fully saturated rings. The number of hydrogen-bond acceptors (Lipinski definition) is 4. The van der Waals surface area contributed by atoms with Gasteiger partial charge in [-0.1, -0.05) is 18.2 Å². The van der Waals surface area contributed by atoms with Crippen LogP contribution in [0.25, 0.3) is 0 Å². The van der Waals surface area contributed by atoms with Crippen LogP contribution in [0.15, 0.2) is 47.5 Å². The molecule has 0 aliphatic heterocycles. The SMILES string of the molecule is CSc1nc(C)ccc1NC(=O)Oc1ccccc1. The van der Waals surface area contributed by atoms with Crippen molar-refractivity contribution in [3.63, 3.8) is 0 Å². The first-order valence-electron chi connectivity index (χ1n) is 5.74. The molecule has 5 heteroatoms. The van der Waals surface area contributed by atoms with E-state index in [4.69, 9.17) is 4.74 Å². The molecule has 0 atom stereocenters. The van der Waals surface area contributed by atoms with Gasteiger partial charge in [0.05, 0.1) is 5.69 Å². The predicted molar refractivity (Wildman–Crippen MR) is 76.8 cm³/mol. The third-order valence-electron chi connectivity index (χ3n) is 2.38. The number of thioether (sulfide) groups is 1. The van der Waals surface area contributed by atoms with Crippen LogP contribution in [-0.2, 0) is 0 Å². The van der Waals surface area contributed by atoms with Crippen molar-refractivity contribution < 1.29 is 9.53 Å². The molecule has 0 saturated heterocycles.